The minimum absolute atomic E-state index is 0.0964. The minimum Gasteiger partial charge on any atom is -0.365 e. The molecule has 5 heterocycles. The predicted molar refractivity (Wildman–Crippen MR) is 156 cm³/mol. The van der Waals surface area contributed by atoms with Gasteiger partial charge in [-0.3, -0.25) is 14.7 Å². The second-order valence-corrected chi connectivity index (χ2v) is 17.4. The van der Waals surface area contributed by atoms with Gasteiger partial charge in [-0.1, -0.05) is 19.6 Å². The fourth-order valence-corrected chi connectivity index (χ4v) is 5.84. The molecule has 12 heteroatoms. The second-order valence-electron chi connectivity index (χ2n) is 11.8. The van der Waals surface area contributed by atoms with Crippen molar-refractivity contribution in [2.75, 3.05) is 37.0 Å². The van der Waals surface area contributed by atoms with Gasteiger partial charge in [-0.05, 0) is 31.2 Å². The van der Waals surface area contributed by atoms with Crippen LogP contribution < -0.4 is 10.2 Å². The van der Waals surface area contributed by atoms with E-state index in [4.69, 9.17) is 19.6 Å². The molecule has 0 aliphatic carbocycles. The van der Waals surface area contributed by atoms with Crippen LogP contribution in [0.3, 0.4) is 0 Å². The van der Waals surface area contributed by atoms with Gasteiger partial charge in [-0.25, -0.2) is 0 Å². The van der Waals surface area contributed by atoms with E-state index in [1.54, 1.807) is 12.3 Å². The summed E-state index contributed by atoms with van der Waals surface area (Å²) in [7, 11) is 0.290. The van der Waals surface area contributed by atoms with E-state index < -0.39 is 19.9 Å². The number of aromatic nitrogens is 4. The minimum atomic E-state index is -1.14. The van der Waals surface area contributed by atoms with E-state index in [9.17, 15) is 10.4 Å². The van der Waals surface area contributed by atoms with Gasteiger partial charge in [0.05, 0.1) is 42.0 Å². The van der Waals surface area contributed by atoms with Crippen molar-refractivity contribution in [3.8, 4) is 6.07 Å². The van der Waals surface area contributed by atoms with Crippen molar-refractivity contribution in [2.24, 2.45) is 4.99 Å². The third-order valence-electron chi connectivity index (χ3n) is 7.45. The Labute approximate surface area is 236 Å². The predicted octanol–water partition coefficient (Wildman–Crippen LogP) is 3.77. The van der Waals surface area contributed by atoms with E-state index in [-0.39, 0.29) is 6.17 Å². The lowest BCUT2D eigenvalue weighted by atomic mass is 9.86. The van der Waals surface area contributed by atoms with Crippen LogP contribution in [0.5, 0.6) is 0 Å². The van der Waals surface area contributed by atoms with E-state index in [1.165, 1.54) is 7.11 Å². The molecule has 0 aromatic carbocycles. The maximum Gasteiger partial charge on any atom is 0.198 e. The number of pyridine rings is 1. The van der Waals surface area contributed by atoms with E-state index in [2.05, 4.69) is 51.5 Å². The molecular formula is C28H38N8O3Si. The molecule has 0 radical (unpaired) electrons. The lowest BCUT2D eigenvalue weighted by molar-refractivity contribution is -0.0798. The molecule has 40 heavy (non-hydrogen) atoms. The molecular weight excluding hydrogens is 524 g/mol. The SMILES string of the molecule is COC(O)c1ccc(N2CC(CC#N)(n3cc(C4=NC(C)Nc5c4ccn5COCC[Si](C)(C)C)cn3)C2)cn1. The monoisotopic (exact) mass is 562 g/mol. The third-order valence-corrected chi connectivity index (χ3v) is 9.15. The van der Waals surface area contributed by atoms with Gasteiger partial charge in [0.15, 0.2) is 6.29 Å². The zero-order chi connectivity index (χ0) is 28.5. The average Bonchev–Trinajstić information content (AvgIpc) is 3.55. The van der Waals surface area contributed by atoms with Crippen molar-refractivity contribution in [2.45, 2.75) is 63.8 Å². The Bertz CT molecular complexity index is 1400. The van der Waals surface area contributed by atoms with Crippen LogP contribution in [0, 0.1) is 11.3 Å². The number of rotatable bonds is 11. The van der Waals surface area contributed by atoms with Crippen molar-refractivity contribution in [1.82, 2.24) is 19.3 Å². The van der Waals surface area contributed by atoms with Crippen LogP contribution in [0.2, 0.25) is 25.7 Å². The molecule has 212 valence electrons. The molecule has 0 saturated carbocycles. The highest BCUT2D eigenvalue weighted by Gasteiger charge is 2.46. The topological polar surface area (TPSA) is 126 Å². The number of nitrogens with one attached hydrogen (secondary N) is 1. The molecule has 11 nitrogen and oxygen atoms in total. The molecule has 0 spiro atoms. The number of methoxy groups -OCH3 is 1. The molecule has 2 aliphatic heterocycles. The lowest BCUT2D eigenvalue weighted by Gasteiger charge is -2.50. The molecule has 2 unspecified atom stereocenters. The summed E-state index contributed by atoms with van der Waals surface area (Å²) < 4.78 is 15.0. The number of nitriles is 1. The van der Waals surface area contributed by atoms with E-state index >= 15 is 0 Å². The van der Waals surface area contributed by atoms with Crippen LogP contribution in [0.15, 0.2) is 48.0 Å². The number of hydrogen-bond acceptors (Lipinski definition) is 9. The zero-order valence-corrected chi connectivity index (χ0v) is 24.8. The van der Waals surface area contributed by atoms with Crippen molar-refractivity contribution >= 4 is 25.3 Å². The smallest absolute Gasteiger partial charge is 0.198 e. The molecule has 3 aromatic rings. The van der Waals surface area contributed by atoms with Gasteiger partial charge in [-0.15, -0.1) is 0 Å². The van der Waals surface area contributed by atoms with Crippen molar-refractivity contribution < 1.29 is 14.6 Å². The largest absolute Gasteiger partial charge is 0.365 e. The summed E-state index contributed by atoms with van der Waals surface area (Å²) in [5.41, 5.74) is 3.74. The number of aliphatic hydroxyl groups is 1. The van der Waals surface area contributed by atoms with Crippen LogP contribution in [0.25, 0.3) is 0 Å². The normalized spacial score (nSPS) is 18.8. The third kappa shape index (κ3) is 5.69. The maximum absolute atomic E-state index is 9.83. The maximum atomic E-state index is 9.83. The summed E-state index contributed by atoms with van der Waals surface area (Å²) in [4.78, 5) is 11.4. The van der Waals surface area contributed by atoms with E-state index in [1.807, 2.05) is 36.3 Å². The highest BCUT2D eigenvalue weighted by atomic mass is 28.3. The number of aliphatic imine (C=N–C) groups is 1. The first-order valence-electron chi connectivity index (χ1n) is 13.6. The second kappa shape index (κ2) is 11.2. The number of fused-ring (bicyclic) bond motifs is 1. The van der Waals surface area contributed by atoms with Gasteiger partial charge in [0, 0.05) is 58.4 Å². The lowest BCUT2D eigenvalue weighted by Crippen LogP contribution is -2.63. The fourth-order valence-electron chi connectivity index (χ4n) is 5.08. The zero-order valence-electron chi connectivity index (χ0n) is 23.8. The van der Waals surface area contributed by atoms with Gasteiger partial charge in [-0.2, -0.15) is 10.4 Å². The highest BCUT2D eigenvalue weighted by Crippen LogP contribution is 2.36. The number of ether oxygens (including phenoxy) is 2. The first kappa shape index (κ1) is 28.0. The van der Waals surface area contributed by atoms with Gasteiger partial charge in [0.25, 0.3) is 0 Å². The summed E-state index contributed by atoms with van der Waals surface area (Å²) >= 11 is 0. The molecule has 1 fully saturated rings. The van der Waals surface area contributed by atoms with Crippen molar-refractivity contribution in [3.05, 3.63) is 59.8 Å². The Kier molecular flexibility index (Phi) is 7.83. The molecule has 2 N–H and O–H groups in total. The standard InChI is InChI=1S/C28H38N8O3Si/c1-20-32-25(23-8-11-34(26(23)33-20)19-39-12-13-40(3,4)5)21-14-31-36(16-21)28(9-10-29)17-35(18-28)22-6-7-24(30-15-22)27(37)38-2/h6-8,11,14-16,20,27,33,37H,9,12-13,17-19H2,1-5H3. The highest BCUT2D eigenvalue weighted by molar-refractivity contribution is 6.76. The summed E-state index contributed by atoms with van der Waals surface area (Å²) in [5, 5.41) is 27.7. The fraction of sp³-hybridized carbons (Fsp3) is 0.500. The Balaban J connectivity index is 1.31. The molecule has 0 amide bonds. The Morgan fingerprint density at radius 3 is 2.73 bits per heavy atom. The van der Waals surface area contributed by atoms with Crippen LogP contribution in [-0.2, 0) is 21.7 Å². The van der Waals surface area contributed by atoms with Crippen LogP contribution in [-0.4, -0.2) is 71.2 Å². The number of anilines is 2. The Morgan fingerprint density at radius 2 is 2.05 bits per heavy atom. The van der Waals surface area contributed by atoms with Crippen molar-refractivity contribution in [3.63, 3.8) is 0 Å². The van der Waals surface area contributed by atoms with Crippen LogP contribution in [0.4, 0.5) is 11.5 Å². The molecule has 2 aliphatic rings. The average molecular weight is 563 g/mol. The molecule has 2 atom stereocenters. The van der Waals surface area contributed by atoms with Gasteiger partial charge in [0.2, 0.25) is 0 Å². The Hall–Kier alpha value is -3.50. The van der Waals surface area contributed by atoms with Gasteiger partial charge in [0.1, 0.15) is 24.3 Å². The van der Waals surface area contributed by atoms with Crippen LogP contribution in [0.1, 0.15) is 36.5 Å². The van der Waals surface area contributed by atoms with E-state index in [0.717, 1.165) is 41.0 Å². The molecule has 3 aromatic heterocycles. The summed E-state index contributed by atoms with van der Waals surface area (Å²) in [6.07, 6.45) is 6.79. The number of hydrogen-bond donors (Lipinski definition) is 2. The van der Waals surface area contributed by atoms with Gasteiger partial charge >= 0.3 is 0 Å². The Morgan fingerprint density at radius 1 is 1.25 bits per heavy atom. The summed E-state index contributed by atoms with van der Waals surface area (Å²) in [6.45, 7) is 11.6. The molecule has 5 rings (SSSR count). The first-order valence-corrected chi connectivity index (χ1v) is 17.3. The van der Waals surface area contributed by atoms with E-state index in [0.29, 0.717) is 31.9 Å². The molecule has 0 bridgehead atoms. The molecule has 1 saturated heterocycles. The van der Waals surface area contributed by atoms with Crippen molar-refractivity contribution in [1.29, 1.82) is 5.26 Å². The first-order chi connectivity index (χ1) is 19.1. The number of aliphatic hydroxyl groups excluding tert-OH is 1. The quantitative estimate of drug-likeness (QED) is 0.206. The van der Waals surface area contributed by atoms with Gasteiger partial charge < -0.3 is 29.4 Å². The summed E-state index contributed by atoms with van der Waals surface area (Å²) in [6, 6.07) is 9.21. The summed E-state index contributed by atoms with van der Waals surface area (Å²) in [5.74, 6) is 0.995. The number of nitrogens with zero attached hydrogens (tertiary/aromatic N) is 7. The van der Waals surface area contributed by atoms with Crippen LogP contribution >= 0.6 is 0 Å².